The molecule has 0 amide bonds. The van der Waals surface area contributed by atoms with Crippen LogP contribution in [0, 0.1) is 6.92 Å². The summed E-state index contributed by atoms with van der Waals surface area (Å²) < 4.78 is 1.79. The number of carboxylic acid groups (broad SMARTS) is 1. The van der Waals surface area contributed by atoms with Crippen LogP contribution in [0.15, 0.2) is 30.3 Å². The summed E-state index contributed by atoms with van der Waals surface area (Å²) in [5, 5.41) is 14.4. The summed E-state index contributed by atoms with van der Waals surface area (Å²) in [5.41, 5.74) is 2.92. The van der Waals surface area contributed by atoms with Gasteiger partial charge in [-0.2, -0.15) is 5.10 Å². The van der Waals surface area contributed by atoms with E-state index in [4.69, 9.17) is 11.6 Å². The molecule has 1 aromatic heterocycles. The number of hydrogen-bond acceptors (Lipinski definition) is 3. The minimum absolute atomic E-state index is 0. The average molecular weight is 370 g/mol. The van der Waals surface area contributed by atoms with Crippen LogP contribution in [-0.4, -0.2) is 38.3 Å². The van der Waals surface area contributed by atoms with Gasteiger partial charge >= 0.3 is 5.97 Å². The Balaban J connectivity index is 0.00000208. The highest BCUT2D eigenvalue weighted by Crippen LogP contribution is 2.26. The number of aliphatic carboxylic acids is 1. The molecule has 0 aliphatic carbocycles. The van der Waals surface area contributed by atoms with Gasteiger partial charge in [0.05, 0.1) is 12.2 Å². The number of hydrogen-bond donors (Lipinski definition) is 1. The van der Waals surface area contributed by atoms with Crippen LogP contribution >= 0.6 is 24.0 Å². The van der Waals surface area contributed by atoms with Crippen molar-refractivity contribution in [3.05, 3.63) is 52.3 Å². The zero-order chi connectivity index (χ0) is 16.4. The molecule has 2 heterocycles. The molecule has 3 rings (SSSR count). The molecule has 1 saturated heterocycles. The number of carbonyl (C=O) groups is 1. The lowest BCUT2D eigenvalue weighted by Crippen LogP contribution is -2.35. The van der Waals surface area contributed by atoms with Crippen molar-refractivity contribution >= 4 is 30.0 Å². The Labute approximate surface area is 152 Å². The van der Waals surface area contributed by atoms with E-state index < -0.39 is 12.0 Å². The van der Waals surface area contributed by atoms with Gasteiger partial charge in [-0.25, -0.2) is 4.68 Å². The molecule has 1 aliphatic rings. The van der Waals surface area contributed by atoms with Crippen LogP contribution < -0.4 is 0 Å². The molecule has 1 N–H and O–H groups in total. The van der Waals surface area contributed by atoms with Crippen molar-refractivity contribution in [2.75, 3.05) is 6.54 Å². The first-order valence-corrected chi connectivity index (χ1v) is 8.16. The Morgan fingerprint density at radius 1 is 1.33 bits per heavy atom. The van der Waals surface area contributed by atoms with Crippen LogP contribution in [0.2, 0.25) is 5.15 Å². The van der Waals surface area contributed by atoms with E-state index in [1.54, 1.807) is 4.68 Å². The number of rotatable bonds is 5. The second-order valence-corrected chi connectivity index (χ2v) is 6.32. The van der Waals surface area contributed by atoms with Crippen molar-refractivity contribution in [3.8, 4) is 0 Å². The van der Waals surface area contributed by atoms with E-state index in [0.29, 0.717) is 24.7 Å². The molecule has 0 bridgehead atoms. The van der Waals surface area contributed by atoms with Crippen molar-refractivity contribution in [1.82, 2.24) is 14.7 Å². The predicted octanol–water partition coefficient (Wildman–Crippen LogP) is 3.36. The predicted molar refractivity (Wildman–Crippen MR) is 95.8 cm³/mol. The molecule has 1 atom stereocenters. The lowest BCUT2D eigenvalue weighted by atomic mass is 10.2. The van der Waals surface area contributed by atoms with Gasteiger partial charge in [-0.15, -0.1) is 12.4 Å². The molecule has 0 radical (unpaired) electrons. The fraction of sp³-hybridized carbons (Fsp3) is 0.412. The van der Waals surface area contributed by atoms with Gasteiger partial charge in [-0.3, -0.25) is 9.69 Å². The molecule has 0 saturated carbocycles. The third-order valence-corrected chi connectivity index (χ3v) is 4.79. The maximum atomic E-state index is 11.3. The second-order valence-electron chi connectivity index (χ2n) is 5.96. The van der Waals surface area contributed by atoms with E-state index in [1.165, 1.54) is 0 Å². The summed E-state index contributed by atoms with van der Waals surface area (Å²) in [6.45, 7) is 3.87. The van der Waals surface area contributed by atoms with Crippen LogP contribution in [0.1, 0.15) is 29.7 Å². The SMILES string of the molecule is Cc1nn(Cc2ccccc2)c(Cl)c1CN1CCCC1C(=O)O.Cl. The molecule has 24 heavy (non-hydrogen) atoms. The third-order valence-electron chi connectivity index (χ3n) is 4.37. The lowest BCUT2D eigenvalue weighted by Gasteiger charge is -2.20. The molecule has 1 unspecified atom stereocenters. The maximum absolute atomic E-state index is 11.3. The number of aromatic nitrogens is 2. The van der Waals surface area contributed by atoms with Crippen molar-refractivity contribution in [3.63, 3.8) is 0 Å². The van der Waals surface area contributed by atoms with Gasteiger partial charge in [0, 0.05) is 12.1 Å². The molecule has 7 heteroatoms. The highest BCUT2D eigenvalue weighted by Gasteiger charge is 2.31. The molecule has 1 aliphatic heterocycles. The topological polar surface area (TPSA) is 58.4 Å². The summed E-state index contributed by atoms with van der Waals surface area (Å²) >= 11 is 6.51. The van der Waals surface area contributed by atoms with Gasteiger partial charge in [-0.1, -0.05) is 41.9 Å². The maximum Gasteiger partial charge on any atom is 0.320 e. The Kier molecular flexibility index (Phi) is 6.27. The Morgan fingerprint density at radius 3 is 2.71 bits per heavy atom. The number of nitrogens with zero attached hydrogens (tertiary/aromatic N) is 3. The summed E-state index contributed by atoms with van der Waals surface area (Å²) in [5.74, 6) is -0.757. The van der Waals surface area contributed by atoms with Crippen LogP contribution in [0.25, 0.3) is 0 Å². The average Bonchev–Trinajstić information content (AvgIpc) is 3.09. The minimum atomic E-state index is -0.757. The van der Waals surface area contributed by atoms with E-state index >= 15 is 0 Å². The fourth-order valence-corrected chi connectivity index (χ4v) is 3.42. The number of aryl methyl sites for hydroxylation is 1. The van der Waals surface area contributed by atoms with Crippen molar-refractivity contribution in [1.29, 1.82) is 0 Å². The monoisotopic (exact) mass is 369 g/mol. The van der Waals surface area contributed by atoms with Gasteiger partial charge < -0.3 is 5.11 Å². The summed E-state index contributed by atoms with van der Waals surface area (Å²) in [6, 6.07) is 9.61. The molecule has 130 valence electrons. The first-order chi connectivity index (χ1) is 11.1. The summed E-state index contributed by atoms with van der Waals surface area (Å²) in [6.07, 6.45) is 1.61. The molecule has 2 aromatic rings. The van der Waals surface area contributed by atoms with E-state index in [9.17, 15) is 9.90 Å². The van der Waals surface area contributed by atoms with Gasteiger partial charge in [0.25, 0.3) is 0 Å². The van der Waals surface area contributed by atoms with E-state index in [2.05, 4.69) is 5.10 Å². The molecule has 1 aromatic carbocycles. The summed E-state index contributed by atoms with van der Waals surface area (Å²) in [4.78, 5) is 13.3. The van der Waals surface area contributed by atoms with E-state index in [-0.39, 0.29) is 12.4 Å². The smallest absolute Gasteiger partial charge is 0.320 e. The third kappa shape index (κ3) is 3.91. The van der Waals surface area contributed by atoms with Gasteiger partial charge in [0.15, 0.2) is 0 Å². The van der Waals surface area contributed by atoms with Crippen LogP contribution in [-0.2, 0) is 17.9 Å². The highest BCUT2D eigenvalue weighted by molar-refractivity contribution is 6.30. The lowest BCUT2D eigenvalue weighted by molar-refractivity contribution is -0.142. The number of likely N-dealkylation sites (tertiary alicyclic amines) is 1. The first kappa shape index (κ1) is 18.8. The zero-order valence-corrected chi connectivity index (χ0v) is 15.1. The van der Waals surface area contributed by atoms with Crippen LogP contribution in [0.3, 0.4) is 0 Å². The largest absolute Gasteiger partial charge is 0.480 e. The number of halogens is 2. The Bertz CT molecular complexity index is 703. The Morgan fingerprint density at radius 2 is 2.04 bits per heavy atom. The fourth-order valence-electron chi connectivity index (χ4n) is 3.13. The molecule has 0 spiro atoms. The standard InChI is InChI=1S/C17H20ClN3O2.ClH/c1-12-14(11-20-9-5-8-15(20)17(22)23)16(18)21(19-12)10-13-6-3-2-4-7-13;/h2-4,6-7,15H,5,8-11H2,1H3,(H,22,23);1H. The Hall–Kier alpha value is -1.56. The quantitative estimate of drug-likeness (QED) is 0.877. The van der Waals surface area contributed by atoms with Crippen molar-refractivity contribution in [2.24, 2.45) is 0 Å². The molecule has 5 nitrogen and oxygen atoms in total. The van der Waals surface area contributed by atoms with E-state index in [0.717, 1.165) is 29.8 Å². The first-order valence-electron chi connectivity index (χ1n) is 7.79. The van der Waals surface area contributed by atoms with Gasteiger partial charge in [-0.05, 0) is 31.9 Å². The van der Waals surface area contributed by atoms with Gasteiger partial charge in [0.2, 0.25) is 0 Å². The number of carboxylic acids is 1. The zero-order valence-electron chi connectivity index (χ0n) is 13.5. The van der Waals surface area contributed by atoms with Crippen LogP contribution in [0.4, 0.5) is 0 Å². The van der Waals surface area contributed by atoms with Crippen molar-refractivity contribution < 1.29 is 9.90 Å². The molecular weight excluding hydrogens is 349 g/mol. The summed E-state index contributed by atoms with van der Waals surface area (Å²) in [7, 11) is 0. The van der Waals surface area contributed by atoms with Gasteiger partial charge in [0.1, 0.15) is 11.2 Å². The van der Waals surface area contributed by atoms with E-state index in [1.807, 2.05) is 42.2 Å². The molecular formula is C17H21Cl2N3O2. The van der Waals surface area contributed by atoms with Crippen molar-refractivity contribution in [2.45, 2.75) is 38.9 Å². The second kappa shape index (κ2) is 8.01. The van der Waals surface area contributed by atoms with Crippen LogP contribution in [0.5, 0.6) is 0 Å². The minimum Gasteiger partial charge on any atom is -0.480 e. The normalized spacial score (nSPS) is 17.7. The highest BCUT2D eigenvalue weighted by atomic mass is 35.5. The number of benzene rings is 1. The molecule has 1 fully saturated rings.